The summed E-state index contributed by atoms with van der Waals surface area (Å²) in [6.07, 6.45) is 4.63. The van der Waals surface area contributed by atoms with Crippen LogP contribution < -0.4 is 16.0 Å². The van der Waals surface area contributed by atoms with Gasteiger partial charge in [-0.2, -0.15) is 5.10 Å². The Labute approximate surface area is 191 Å². The zero-order valence-corrected chi connectivity index (χ0v) is 18.9. The number of furan rings is 1. The van der Waals surface area contributed by atoms with Crippen LogP contribution in [0.4, 0.5) is 16.2 Å². The Balaban J connectivity index is 1.52. The lowest BCUT2D eigenvalue weighted by Gasteiger charge is -2.08. The van der Waals surface area contributed by atoms with E-state index in [-0.39, 0.29) is 11.9 Å². The minimum absolute atomic E-state index is 0.291. The number of urea groups is 1. The summed E-state index contributed by atoms with van der Waals surface area (Å²) in [5.74, 6) is 0.774. The molecule has 0 aliphatic carbocycles. The van der Waals surface area contributed by atoms with Crippen molar-refractivity contribution in [3.05, 3.63) is 70.9 Å². The lowest BCUT2D eigenvalue weighted by Crippen LogP contribution is -2.27. The summed E-state index contributed by atoms with van der Waals surface area (Å²) in [6, 6.07) is 9.98. The number of nitrogens with one attached hydrogen (secondary N) is 3. The number of aryl methyl sites for hydroxylation is 1. The van der Waals surface area contributed by atoms with Crippen molar-refractivity contribution in [1.82, 2.24) is 15.1 Å². The van der Waals surface area contributed by atoms with Gasteiger partial charge in [0.25, 0.3) is 0 Å². The number of carbonyl (C=O) groups excluding carboxylic acids is 2. The Morgan fingerprint density at radius 3 is 2.47 bits per heavy atom. The van der Waals surface area contributed by atoms with Crippen LogP contribution in [0.1, 0.15) is 30.9 Å². The molecule has 1 aromatic carbocycles. The van der Waals surface area contributed by atoms with E-state index in [1.165, 1.54) is 6.08 Å². The summed E-state index contributed by atoms with van der Waals surface area (Å²) in [5, 5.41) is 13.1. The van der Waals surface area contributed by atoms with Crippen LogP contribution in [0.5, 0.6) is 0 Å². The van der Waals surface area contributed by atoms with Crippen LogP contribution in [0.15, 0.2) is 53.2 Å². The number of halogens is 1. The lowest BCUT2D eigenvalue weighted by atomic mass is 10.2. The van der Waals surface area contributed by atoms with Gasteiger partial charge >= 0.3 is 6.03 Å². The van der Waals surface area contributed by atoms with E-state index >= 15 is 0 Å². The third-order valence-corrected chi connectivity index (χ3v) is 4.86. The van der Waals surface area contributed by atoms with Gasteiger partial charge in [0, 0.05) is 29.6 Å². The van der Waals surface area contributed by atoms with Crippen molar-refractivity contribution in [2.24, 2.45) is 5.92 Å². The number of carbonyl (C=O) groups is 2. The molecule has 0 unspecified atom stereocenters. The van der Waals surface area contributed by atoms with E-state index in [9.17, 15) is 9.59 Å². The molecule has 0 bridgehead atoms. The zero-order valence-electron chi connectivity index (χ0n) is 18.2. The minimum Gasteiger partial charge on any atom is -0.467 e. The molecular weight excluding hydrogens is 430 g/mol. The van der Waals surface area contributed by atoms with Crippen LogP contribution in [0.25, 0.3) is 6.08 Å². The Kier molecular flexibility index (Phi) is 7.72. The summed E-state index contributed by atoms with van der Waals surface area (Å²) in [5.41, 5.74) is 2.68. The average Bonchev–Trinajstić information content (AvgIpc) is 3.35. The van der Waals surface area contributed by atoms with E-state index in [1.54, 1.807) is 53.4 Å². The molecule has 0 spiro atoms. The van der Waals surface area contributed by atoms with Crippen LogP contribution in [0.2, 0.25) is 5.15 Å². The van der Waals surface area contributed by atoms with E-state index in [2.05, 4.69) is 34.9 Å². The largest absolute Gasteiger partial charge is 0.467 e. The molecule has 168 valence electrons. The van der Waals surface area contributed by atoms with E-state index in [1.807, 2.05) is 6.92 Å². The Hall–Kier alpha value is -3.52. The molecule has 0 saturated heterocycles. The maximum Gasteiger partial charge on any atom is 0.319 e. The summed E-state index contributed by atoms with van der Waals surface area (Å²) < 4.78 is 6.91. The fourth-order valence-corrected chi connectivity index (χ4v) is 3.27. The van der Waals surface area contributed by atoms with Crippen molar-refractivity contribution in [3.8, 4) is 0 Å². The first kappa shape index (κ1) is 23.1. The Morgan fingerprint density at radius 1 is 1.16 bits per heavy atom. The fourth-order valence-electron chi connectivity index (χ4n) is 2.96. The van der Waals surface area contributed by atoms with Crippen LogP contribution in [0.3, 0.4) is 0 Å². The fraction of sp³-hybridized carbons (Fsp3) is 0.261. The monoisotopic (exact) mass is 455 g/mol. The molecule has 0 saturated carbocycles. The average molecular weight is 456 g/mol. The van der Waals surface area contributed by atoms with E-state index in [4.69, 9.17) is 16.0 Å². The number of hydrogen-bond donors (Lipinski definition) is 3. The zero-order chi connectivity index (χ0) is 23.1. The van der Waals surface area contributed by atoms with Gasteiger partial charge in [0.05, 0.1) is 18.5 Å². The highest BCUT2D eigenvalue weighted by molar-refractivity contribution is 6.31. The Bertz CT molecular complexity index is 1090. The highest BCUT2D eigenvalue weighted by Gasteiger charge is 2.12. The topological polar surface area (TPSA) is 101 Å². The van der Waals surface area contributed by atoms with E-state index < -0.39 is 0 Å². The standard InChI is InChI=1S/C23H26ClN5O3/c1-15(2)14-29-22(24)20(16(3)28-29)10-11-21(30)26-17-6-8-18(9-7-17)27-23(31)25-13-19-5-4-12-32-19/h4-12,15H,13-14H2,1-3H3,(H,26,30)(H2,25,27,31)/b11-10+. The molecule has 2 heterocycles. The second-order valence-corrected chi connectivity index (χ2v) is 8.01. The van der Waals surface area contributed by atoms with Gasteiger partial charge in [-0.3, -0.25) is 9.48 Å². The predicted octanol–water partition coefficient (Wildman–Crippen LogP) is 5.07. The first-order valence-electron chi connectivity index (χ1n) is 10.2. The van der Waals surface area contributed by atoms with Crippen LogP contribution in [0, 0.1) is 12.8 Å². The normalized spacial score (nSPS) is 11.2. The number of aromatic nitrogens is 2. The summed E-state index contributed by atoms with van der Waals surface area (Å²) in [6.45, 7) is 7.03. The lowest BCUT2D eigenvalue weighted by molar-refractivity contribution is -0.111. The molecule has 3 rings (SSSR count). The molecule has 0 aliphatic heterocycles. The molecule has 3 N–H and O–H groups in total. The quantitative estimate of drug-likeness (QED) is 0.413. The van der Waals surface area contributed by atoms with Crippen molar-refractivity contribution in [2.75, 3.05) is 10.6 Å². The number of rotatable bonds is 8. The molecular formula is C23H26ClN5O3. The molecule has 3 aromatic rings. The van der Waals surface area contributed by atoms with Crippen LogP contribution in [-0.4, -0.2) is 21.7 Å². The molecule has 0 aliphatic rings. The number of benzene rings is 1. The molecule has 0 atom stereocenters. The third-order valence-electron chi connectivity index (χ3n) is 4.46. The summed E-state index contributed by atoms with van der Waals surface area (Å²) in [4.78, 5) is 24.2. The molecule has 3 amide bonds. The number of amides is 3. The predicted molar refractivity (Wildman–Crippen MR) is 125 cm³/mol. The van der Waals surface area contributed by atoms with Gasteiger partial charge in [-0.1, -0.05) is 25.4 Å². The van der Waals surface area contributed by atoms with Crippen LogP contribution in [-0.2, 0) is 17.9 Å². The number of anilines is 2. The molecule has 2 aromatic heterocycles. The summed E-state index contributed by atoms with van der Waals surface area (Å²) >= 11 is 6.40. The summed E-state index contributed by atoms with van der Waals surface area (Å²) in [7, 11) is 0. The second kappa shape index (κ2) is 10.7. The Morgan fingerprint density at radius 2 is 1.84 bits per heavy atom. The number of nitrogens with zero attached hydrogens (tertiary/aromatic N) is 2. The first-order chi connectivity index (χ1) is 15.3. The van der Waals surface area contributed by atoms with E-state index in [0.717, 1.165) is 11.3 Å². The smallest absolute Gasteiger partial charge is 0.319 e. The van der Waals surface area contributed by atoms with Crippen LogP contribution >= 0.6 is 11.6 Å². The van der Waals surface area contributed by atoms with E-state index in [0.29, 0.717) is 41.3 Å². The third kappa shape index (κ3) is 6.49. The van der Waals surface area contributed by atoms with Crippen molar-refractivity contribution in [1.29, 1.82) is 0 Å². The maximum atomic E-state index is 12.3. The second-order valence-electron chi connectivity index (χ2n) is 7.65. The van der Waals surface area contributed by atoms with Gasteiger partial charge in [-0.15, -0.1) is 0 Å². The molecule has 8 nitrogen and oxygen atoms in total. The van der Waals surface area contributed by atoms with Crippen molar-refractivity contribution >= 4 is 41.0 Å². The van der Waals surface area contributed by atoms with Gasteiger partial charge in [0.2, 0.25) is 5.91 Å². The number of hydrogen-bond acceptors (Lipinski definition) is 4. The highest BCUT2D eigenvalue weighted by Crippen LogP contribution is 2.22. The maximum absolute atomic E-state index is 12.3. The van der Waals surface area contributed by atoms with Crippen molar-refractivity contribution in [2.45, 2.75) is 33.9 Å². The van der Waals surface area contributed by atoms with Gasteiger partial charge in [-0.05, 0) is 55.3 Å². The van der Waals surface area contributed by atoms with Gasteiger partial charge in [-0.25, -0.2) is 4.79 Å². The minimum atomic E-state index is -0.355. The van der Waals surface area contributed by atoms with Crippen molar-refractivity contribution in [3.63, 3.8) is 0 Å². The van der Waals surface area contributed by atoms with Gasteiger partial charge in [0.15, 0.2) is 0 Å². The van der Waals surface area contributed by atoms with Gasteiger partial charge < -0.3 is 20.4 Å². The SMILES string of the molecule is Cc1nn(CC(C)C)c(Cl)c1/C=C/C(=O)Nc1ccc(NC(=O)NCc2ccco2)cc1. The molecule has 0 fully saturated rings. The highest BCUT2D eigenvalue weighted by atomic mass is 35.5. The van der Waals surface area contributed by atoms with Gasteiger partial charge in [0.1, 0.15) is 10.9 Å². The van der Waals surface area contributed by atoms with Crippen molar-refractivity contribution < 1.29 is 14.0 Å². The molecule has 32 heavy (non-hydrogen) atoms. The molecule has 0 radical (unpaired) electrons. The molecule has 9 heteroatoms. The first-order valence-corrected chi connectivity index (χ1v) is 10.6.